The summed E-state index contributed by atoms with van der Waals surface area (Å²) >= 11 is 0. The summed E-state index contributed by atoms with van der Waals surface area (Å²) in [6, 6.07) is 11.7. The van der Waals surface area contributed by atoms with E-state index in [1.165, 1.54) is 0 Å². The highest BCUT2D eigenvalue weighted by Gasteiger charge is 2.05. The summed E-state index contributed by atoms with van der Waals surface area (Å²) in [5, 5.41) is 0. The number of nitrogen functional groups attached to an aromatic ring is 1. The molecule has 86 valence electrons. The van der Waals surface area contributed by atoms with Crippen molar-refractivity contribution < 1.29 is 4.79 Å². The maximum atomic E-state index is 10.9. The van der Waals surface area contributed by atoms with Crippen LogP contribution in [0, 0.1) is 13.8 Å². The van der Waals surface area contributed by atoms with E-state index >= 15 is 0 Å². The lowest BCUT2D eigenvalue weighted by atomic mass is 9.95. The summed E-state index contributed by atoms with van der Waals surface area (Å²) in [5.74, 6) is 0. The van der Waals surface area contributed by atoms with Crippen LogP contribution in [-0.2, 0) is 0 Å². The highest BCUT2D eigenvalue weighted by atomic mass is 16.1. The third-order valence-electron chi connectivity index (χ3n) is 2.96. The molecule has 0 heterocycles. The Morgan fingerprint density at radius 2 is 1.65 bits per heavy atom. The van der Waals surface area contributed by atoms with Gasteiger partial charge in [0, 0.05) is 11.3 Å². The van der Waals surface area contributed by atoms with Gasteiger partial charge in [-0.25, -0.2) is 0 Å². The smallest absolute Gasteiger partial charge is 0.150 e. The molecule has 0 unspecified atom stereocenters. The normalized spacial score (nSPS) is 10.2. The van der Waals surface area contributed by atoms with E-state index in [0.717, 1.165) is 39.8 Å². The second kappa shape index (κ2) is 4.42. The number of hydrogen-bond donors (Lipinski definition) is 1. The number of hydrogen-bond acceptors (Lipinski definition) is 2. The van der Waals surface area contributed by atoms with Gasteiger partial charge in [0.1, 0.15) is 6.29 Å². The van der Waals surface area contributed by atoms with Crippen LogP contribution in [0.4, 0.5) is 5.69 Å². The van der Waals surface area contributed by atoms with Crippen molar-refractivity contribution in [3.8, 4) is 11.1 Å². The van der Waals surface area contributed by atoms with Gasteiger partial charge in [0.25, 0.3) is 0 Å². The van der Waals surface area contributed by atoms with Crippen LogP contribution in [0.3, 0.4) is 0 Å². The first-order valence-corrected chi connectivity index (χ1v) is 5.54. The van der Waals surface area contributed by atoms with Gasteiger partial charge in [0.05, 0.1) is 0 Å². The van der Waals surface area contributed by atoms with E-state index in [4.69, 9.17) is 5.73 Å². The van der Waals surface area contributed by atoms with Crippen molar-refractivity contribution in [3.05, 3.63) is 53.1 Å². The molecular weight excluding hydrogens is 210 g/mol. The molecule has 0 aliphatic heterocycles. The van der Waals surface area contributed by atoms with E-state index in [9.17, 15) is 4.79 Å². The molecule has 0 saturated carbocycles. The molecule has 2 rings (SSSR count). The van der Waals surface area contributed by atoms with Crippen molar-refractivity contribution in [2.24, 2.45) is 0 Å². The molecule has 0 atom stereocenters. The molecule has 2 N–H and O–H groups in total. The highest BCUT2D eigenvalue weighted by molar-refractivity contribution is 5.81. The van der Waals surface area contributed by atoms with E-state index in [0.29, 0.717) is 0 Å². The summed E-state index contributed by atoms with van der Waals surface area (Å²) in [5.41, 5.74) is 11.5. The van der Waals surface area contributed by atoms with Crippen LogP contribution in [-0.4, -0.2) is 6.29 Å². The average molecular weight is 225 g/mol. The van der Waals surface area contributed by atoms with Crippen LogP contribution in [0.15, 0.2) is 36.4 Å². The molecule has 2 aromatic carbocycles. The molecule has 17 heavy (non-hydrogen) atoms. The van der Waals surface area contributed by atoms with Crippen molar-refractivity contribution >= 4 is 12.0 Å². The molecule has 0 amide bonds. The average Bonchev–Trinajstić information content (AvgIpc) is 2.33. The Bertz CT molecular complexity index is 556. The standard InChI is InChI=1S/C15H15NO/c1-10-8-15(11(2)7-13(10)9-17)12-3-5-14(16)6-4-12/h3-9H,16H2,1-2H3. The fourth-order valence-electron chi connectivity index (χ4n) is 1.94. The lowest BCUT2D eigenvalue weighted by molar-refractivity contribution is 0.112. The number of anilines is 1. The predicted molar refractivity (Wildman–Crippen MR) is 71.2 cm³/mol. The minimum absolute atomic E-state index is 0.752. The third-order valence-corrected chi connectivity index (χ3v) is 2.96. The first kappa shape index (κ1) is 11.4. The molecule has 2 nitrogen and oxygen atoms in total. The SMILES string of the molecule is Cc1cc(-c2ccc(N)cc2)c(C)cc1C=O. The molecule has 0 bridgehead atoms. The van der Waals surface area contributed by atoms with Crippen LogP contribution in [0.1, 0.15) is 21.5 Å². The minimum atomic E-state index is 0.752. The number of carbonyl (C=O) groups excluding carboxylic acids is 1. The van der Waals surface area contributed by atoms with Crippen LogP contribution < -0.4 is 5.73 Å². The van der Waals surface area contributed by atoms with Crippen LogP contribution >= 0.6 is 0 Å². The van der Waals surface area contributed by atoms with Crippen molar-refractivity contribution in [2.45, 2.75) is 13.8 Å². The summed E-state index contributed by atoms with van der Waals surface area (Å²) < 4.78 is 0. The summed E-state index contributed by atoms with van der Waals surface area (Å²) in [7, 11) is 0. The lowest BCUT2D eigenvalue weighted by Gasteiger charge is -2.09. The largest absolute Gasteiger partial charge is 0.399 e. The molecule has 0 saturated heterocycles. The Balaban J connectivity index is 2.56. The molecule has 2 aromatic rings. The molecule has 0 radical (unpaired) electrons. The fourth-order valence-corrected chi connectivity index (χ4v) is 1.94. The van der Waals surface area contributed by atoms with Crippen molar-refractivity contribution in [3.63, 3.8) is 0 Å². The quantitative estimate of drug-likeness (QED) is 0.629. The monoisotopic (exact) mass is 225 g/mol. The van der Waals surface area contributed by atoms with Gasteiger partial charge in [0.15, 0.2) is 0 Å². The predicted octanol–water partition coefficient (Wildman–Crippen LogP) is 3.37. The van der Waals surface area contributed by atoms with E-state index in [2.05, 4.69) is 0 Å². The third kappa shape index (κ3) is 2.21. The zero-order valence-corrected chi connectivity index (χ0v) is 10.0. The maximum Gasteiger partial charge on any atom is 0.150 e. The molecule has 2 heteroatoms. The first-order valence-electron chi connectivity index (χ1n) is 5.54. The van der Waals surface area contributed by atoms with Crippen LogP contribution in [0.5, 0.6) is 0 Å². The summed E-state index contributed by atoms with van der Waals surface area (Å²) in [4.78, 5) is 10.9. The van der Waals surface area contributed by atoms with E-state index in [1.807, 2.05) is 50.2 Å². The number of benzene rings is 2. The summed E-state index contributed by atoms with van der Waals surface area (Å²) in [6.45, 7) is 3.96. The maximum absolute atomic E-state index is 10.9. The molecule has 0 spiro atoms. The highest BCUT2D eigenvalue weighted by Crippen LogP contribution is 2.26. The van der Waals surface area contributed by atoms with Gasteiger partial charge >= 0.3 is 0 Å². The Morgan fingerprint density at radius 3 is 2.24 bits per heavy atom. The van der Waals surface area contributed by atoms with Gasteiger partial charge in [-0.15, -0.1) is 0 Å². The number of rotatable bonds is 2. The number of carbonyl (C=O) groups is 1. The Kier molecular flexibility index (Phi) is 2.96. The van der Waals surface area contributed by atoms with Crippen LogP contribution in [0.25, 0.3) is 11.1 Å². The van der Waals surface area contributed by atoms with E-state index in [1.54, 1.807) is 0 Å². The van der Waals surface area contributed by atoms with Crippen molar-refractivity contribution in [1.82, 2.24) is 0 Å². The van der Waals surface area contributed by atoms with Gasteiger partial charge in [-0.2, -0.15) is 0 Å². The van der Waals surface area contributed by atoms with Gasteiger partial charge in [-0.05, 0) is 54.3 Å². The molecule has 0 aliphatic rings. The Labute approximate surface area is 101 Å². The topological polar surface area (TPSA) is 43.1 Å². The van der Waals surface area contributed by atoms with Gasteiger partial charge in [-0.1, -0.05) is 18.2 Å². The number of aryl methyl sites for hydroxylation is 2. The van der Waals surface area contributed by atoms with E-state index in [-0.39, 0.29) is 0 Å². The Hall–Kier alpha value is -2.09. The number of nitrogens with two attached hydrogens (primary N) is 1. The second-order valence-corrected chi connectivity index (χ2v) is 4.26. The zero-order chi connectivity index (χ0) is 12.4. The summed E-state index contributed by atoms with van der Waals surface area (Å²) in [6.07, 6.45) is 0.898. The first-order chi connectivity index (χ1) is 8.11. The van der Waals surface area contributed by atoms with Crippen LogP contribution in [0.2, 0.25) is 0 Å². The van der Waals surface area contributed by atoms with Crippen molar-refractivity contribution in [2.75, 3.05) is 5.73 Å². The number of aldehydes is 1. The second-order valence-electron chi connectivity index (χ2n) is 4.26. The van der Waals surface area contributed by atoms with Gasteiger partial charge in [0.2, 0.25) is 0 Å². The van der Waals surface area contributed by atoms with Gasteiger partial charge in [-0.3, -0.25) is 4.79 Å². The zero-order valence-electron chi connectivity index (χ0n) is 10.0. The molecular formula is C15H15NO. The minimum Gasteiger partial charge on any atom is -0.399 e. The molecule has 0 fully saturated rings. The Morgan fingerprint density at radius 1 is 1.00 bits per heavy atom. The fraction of sp³-hybridized carbons (Fsp3) is 0.133. The molecule has 0 aliphatic carbocycles. The van der Waals surface area contributed by atoms with E-state index < -0.39 is 0 Å². The van der Waals surface area contributed by atoms with Crippen molar-refractivity contribution in [1.29, 1.82) is 0 Å². The van der Waals surface area contributed by atoms with Gasteiger partial charge < -0.3 is 5.73 Å². The lowest BCUT2D eigenvalue weighted by Crippen LogP contribution is -1.92. The molecule has 0 aromatic heterocycles.